The molecule has 1 heterocycles. The van der Waals surface area contributed by atoms with E-state index in [4.69, 9.17) is 4.74 Å². The third-order valence-electron chi connectivity index (χ3n) is 4.12. The number of nitro benzene ring substituents is 1. The van der Waals surface area contributed by atoms with Crippen LogP contribution in [0.15, 0.2) is 18.2 Å². The Balaban J connectivity index is 2.01. The molecule has 0 radical (unpaired) electrons. The highest BCUT2D eigenvalue weighted by Gasteiger charge is 2.25. The lowest BCUT2D eigenvalue weighted by Gasteiger charge is -2.32. The van der Waals surface area contributed by atoms with Crippen LogP contribution in [0.2, 0.25) is 0 Å². The van der Waals surface area contributed by atoms with E-state index in [0.717, 1.165) is 25.8 Å². The normalized spacial score (nSPS) is 17.2. The van der Waals surface area contributed by atoms with Crippen LogP contribution in [-0.4, -0.2) is 35.4 Å². The van der Waals surface area contributed by atoms with E-state index in [-0.39, 0.29) is 28.8 Å². The van der Waals surface area contributed by atoms with Gasteiger partial charge in [-0.1, -0.05) is 13.0 Å². The van der Waals surface area contributed by atoms with Gasteiger partial charge in [-0.2, -0.15) is 5.26 Å². The summed E-state index contributed by atoms with van der Waals surface area (Å²) >= 11 is 0. The first kappa shape index (κ1) is 17.7. The lowest BCUT2D eigenvalue weighted by Crippen LogP contribution is -2.41. The van der Waals surface area contributed by atoms with Gasteiger partial charge >= 0.3 is 0 Å². The zero-order valence-electron chi connectivity index (χ0n) is 13.7. The topological polar surface area (TPSA) is 96.5 Å². The highest BCUT2D eigenvalue weighted by Crippen LogP contribution is 2.28. The van der Waals surface area contributed by atoms with Gasteiger partial charge in [0.25, 0.3) is 5.69 Å². The molecule has 128 valence electrons. The Labute approximate surface area is 141 Å². The number of rotatable bonds is 6. The second-order valence-electron chi connectivity index (χ2n) is 5.93. The van der Waals surface area contributed by atoms with E-state index in [1.54, 1.807) is 6.07 Å². The van der Waals surface area contributed by atoms with E-state index in [1.165, 1.54) is 12.1 Å². The largest absolute Gasteiger partial charge is 0.492 e. The van der Waals surface area contributed by atoms with Gasteiger partial charge in [0.2, 0.25) is 5.91 Å². The molecule has 0 spiro atoms. The molecule has 1 aromatic rings. The highest BCUT2D eigenvalue weighted by atomic mass is 16.6. The van der Waals surface area contributed by atoms with Crippen molar-refractivity contribution < 1.29 is 14.5 Å². The first-order valence-electron chi connectivity index (χ1n) is 8.14. The van der Waals surface area contributed by atoms with Crippen LogP contribution in [0.4, 0.5) is 5.69 Å². The zero-order chi connectivity index (χ0) is 17.5. The fourth-order valence-electron chi connectivity index (χ4n) is 2.91. The number of nitro groups is 1. The van der Waals surface area contributed by atoms with Crippen LogP contribution in [-0.2, 0) is 4.79 Å². The SMILES string of the molecule is CCCC(=O)N1CCC[C@H](COc2cccc([N+](=O)[O-])c2C#N)C1. The number of benzene rings is 1. The summed E-state index contributed by atoms with van der Waals surface area (Å²) in [4.78, 5) is 24.3. The molecule has 0 saturated carbocycles. The molecule has 1 aliphatic heterocycles. The Bertz CT molecular complexity index is 654. The molecule has 1 atom stereocenters. The molecule has 0 N–H and O–H groups in total. The highest BCUT2D eigenvalue weighted by molar-refractivity contribution is 5.76. The van der Waals surface area contributed by atoms with Gasteiger partial charge in [-0.3, -0.25) is 14.9 Å². The van der Waals surface area contributed by atoms with Crippen molar-refractivity contribution in [1.82, 2.24) is 4.90 Å². The third kappa shape index (κ3) is 4.22. The molecule has 1 amide bonds. The molecule has 0 bridgehead atoms. The summed E-state index contributed by atoms with van der Waals surface area (Å²) in [7, 11) is 0. The van der Waals surface area contributed by atoms with Crippen LogP contribution in [0.5, 0.6) is 5.75 Å². The lowest BCUT2D eigenvalue weighted by atomic mass is 9.98. The van der Waals surface area contributed by atoms with E-state index in [0.29, 0.717) is 19.6 Å². The fraction of sp³-hybridized carbons (Fsp3) is 0.529. The Morgan fingerprint density at radius 2 is 2.33 bits per heavy atom. The van der Waals surface area contributed by atoms with Gasteiger partial charge in [0.15, 0.2) is 5.56 Å². The average Bonchev–Trinajstić information content (AvgIpc) is 2.59. The molecule has 1 saturated heterocycles. The lowest BCUT2D eigenvalue weighted by molar-refractivity contribution is -0.385. The van der Waals surface area contributed by atoms with Crippen LogP contribution >= 0.6 is 0 Å². The number of nitriles is 1. The summed E-state index contributed by atoms with van der Waals surface area (Å²) in [5, 5.41) is 20.1. The van der Waals surface area contributed by atoms with Crippen molar-refractivity contribution in [2.75, 3.05) is 19.7 Å². The summed E-state index contributed by atoms with van der Waals surface area (Å²) in [5.41, 5.74) is -0.310. The second-order valence-corrected chi connectivity index (χ2v) is 5.93. The van der Waals surface area contributed by atoms with Crippen LogP contribution in [0, 0.1) is 27.4 Å². The number of hydrogen-bond donors (Lipinski definition) is 0. The van der Waals surface area contributed by atoms with Gasteiger partial charge < -0.3 is 9.64 Å². The molecule has 2 rings (SSSR count). The number of carbonyl (C=O) groups excluding carboxylic acids is 1. The maximum absolute atomic E-state index is 12.0. The van der Waals surface area contributed by atoms with Crippen molar-refractivity contribution >= 4 is 11.6 Å². The van der Waals surface area contributed by atoms with Crippen molar-refractivity contribution in [3.63, 3.8) is 0 Å². The smallest absolute Gasteiger partial charge is 0.290 e. The van der Waals surface area contributed by atoms with Crippen LogP contribution in [0.25, 0.3) is 0 Å². The molecule has 1 aliphatic rings. The van der Waals surface area contributed by atoms with Gasteiger partial charge in [-0.25, -0.2) is 0 Å². The molecule has 24 heavy (non-hydrogen) atoms. The van der Waals surface area contributed by atoms with Crippen LogP contribution in [0.3, 0.4) is 0 Å². The van der Waals surface area contributed by atoms with Gasteiger partial charge in [0.1, 0.15) is 11.8 Å². The van der Waals surface area contributed by atoms with Gasteiger partial charge in [-0.05, 0) is 25.3 Å². The number of hydrogen-bond acceptors (Lipinski definition) is 5. The molecule has 0 aliphatic carbocycles. The minimum absolute atomic E-state index is 0.0581. The Morgan fingerprint density at radius 3 is 3.00 bits per heavy atom. The van der Waals surface area contributed by atoms with E-state index >= 15 is 0 Å². The first-order valence-corrected chi connectivity index (χ1v) is 8.14. The first-order chi connectivity index (χ1) is 11.6. The van der Waals surface area contributed by atoms with Crippen molar-refractivity contribution in [2.24, 2.45) is 5.92 Å². The molecule has 1 fully saturated rings. The third-order valence-corrected chi connectivity index (χ3v) is 4.12. The van der Waals surface area contributed by atoms with Gasteiger partial charge in [0, 0.05) is 31.5 Å². The number of carbonyl (C=O) groups is 1. The standard InChI is InChI=1S/C17H21N3O4/c1-2-5-17(21)19-9-4-6-13(11-19)12-24-16-8-3-7-15(20(22)23)14(16)10-18/h3,7-8,13H,2,4-6,9,11-12H2,1H3/t13-/m0/s1. The summed E-state index contributed by atoms with van der Waals surface area (Å²) < 4.78 is 5.68. The van der Waals surface area contributed by atoms with Gasteiger partial charge in [-0.15, -0.1) is 0 Å². The summed E-state index contributed by atoms with van der Waals surface area (Å²) in [6, 6.07) is 6.20. The minimum Gasteiger partial charge on any atom is -0.492 e. The molecule has 7 nitrogen and oxygen atoms in total. The molecular weight excluding hydrogens is 310 g/mol. The second kappa shape index (κ2) is 8.29. The number of amides is 1. The quantitative estimate of drug-likeness (QED) is 0.590. The molecule has 1 aromatic carbocycles. The Hall–Kier alpha value is -2.62. The van der Waals surface area contributed by atoms with Crippen molar-refractivity contribution in [1.29, 1.82) is 5.26 Å². The van der Waals surface area contributed by atoms with Crippen LogP contribution < -0.4 is 4.74 Å². The van der Waals surface area contributed by atoms with E-state index in [9.17, 15) is 20.2 Å². The van der Waals surface area contributed by atoms with E-state index < -0.39 is 4.92 Å². The van der Waals surface area contributed by atoms with Crippen molar-refractivity contribution in [3.8, 4) is 11.8 Å². The fourth-order valence-corrected chi connectivity index (χ4v) is 2.91. The maximum Gasteiger partial charge on any atom is 0.290 e. The predicted molar refractivity (Wildman–Crippen MR) is 87.5 cm³/mol. The van der Waals surface area contributed by atoms with Crippen molar-refractivity contribution in [3.05, 3.63) is 33.9 Å². The van der Waals surface area contributed by atoms with Crippen LogP contribution in [0.1, 0.15) is 38.2 Å². The zero-order valence-corrected chi connectivity index (χ0v) is 13.7. The maximum atomic E-state index is 12.0. The minimum atomic E-state index is -0.586. The van der Waals surface area contributed by atoms with Crippen molar-refractivity contribution in [2.45, 2.75) is 32.6 Å². The molecule has 0 unspecified atom stereocenters. The average molecular weight is 331 g/mol. The number of likely N-dealkylation sites (tertiary alicyclic amines) is 1. The summed E-state index contributed by atoms with van der Waals surface area (Å²) in [5.74, 6) is 0.560. The predicted octanol–water partition coefficient (Wildman–Crippen LogP) is 2.88. The Morgan fingerprint density at radius 1 is 1.54 bits per heavy atom. The molecular formula is C17H21N3O4. The monoisotopic (exact) mass is 331 g/mol. The summed E-state index contributed by atoms with van der Waals surface area (Å²) in [6.07, 6.45) is 3.24. The van der Waals surface area contributed by atoms with E-state index in [2.05, 4.69) is 0 Å². The van der Waals surface area contributed by atoms with Gasteiger partial charge in [0.05, 0.1) is 11.5 Å². The molecule has 7 heteroatoms. The van der Waals surface area contributed by atoms with E-state index in [1.807, 2.05) is 17.9 Å². The summed E-state index contributed by atoms with van der Waals surface area (Å²) in [6.45, 7) is 3.73. The molecule has 0 aromatic heterocycles. The Kier molecular flexibility index (Phi) is 6.13. The number of piperidine rings is 1. The number of ether oxygens (including phenoxy) is 1. The number of nitrogens with zero attached hydrogens (tertiary/aromatic N) is 3.